The number of ether oxygens (including phenoxy) is 1. The molecule has 1 aliphatic heterocycles. The van der Waals surface area contributed by atoms with Crippen molar-refractivity contribution in [1.82, 2.24) is 25.1 Å². The van der Waals surface area contributed by atoms with Crippen LogP contribution in [0, 0.1) is 0 Å². The molecule has 5 rings (SSSR count). The molecule has 7 nitrogen and oxygen atoms in total. The second-order valence-electron chi connectivity index (χ2n) is 8.02. The standard InChI is InChI=1S/C23H21F2N5O2/c1-23(15-4-2-5-16(10-15)32-22(24)25)8-3-9-30(23)21(31)18-13-26-20-17(18)6-7-19(29-20)14-11-27-28-12-14/h2,4-7,10-13,22H,3,8-9H2,1H3,(H,26,29)(H,27,28)/t23-/m1/s1. The molecule has 0 saturated carbocycles. The van der Waals surface area contributed by atoms with Gasteiger partial charge < -0.3 is 14.6 Å². The van der Waals surface area contributed by atoms with Crippen LogP contribution in [0.2, 0.25) is 0 Å². The van der Waals surface area contributed by atoms with Gasteiger partial charge in [-0.15, -0.1) is 0 Å². The normalized spacial score (nSPS) is 18.6. The lowest BCUT2D eigenvalue weighted by molar-refractivity contribution is -0.0500. The summed E-state index contributed by atoms with van der Waals surface area (Å²) in [5.74, 6) is -0.0459. The Hall–Kier alpha value is -3.75. The van der Waals surface area contributed by atoms with Crippen LogP contribution in [-0.4, -0.2) is 44.1 Å². The summed E-state index contributed by atoms with van der Waals surface area (Å²) in [6, 6.07) is 10.3. The Labute approximate surface area is 182 Å². The Morgan fingerprint density at radius 1 is 1.25 bits per heavy atom. The van der Waals surface area contributed by atoms with Gasteiger partial charge in [-0.1, -0.05) is 12.1 Å². The van der Waals surface area contributed by atoms with Crippen molar-refractivity contribution < 1.29 is 18.3 Å². The van der Waals surface area contributed by atoms with Gasteiger partial charge in [0.2, 0.25) is 0 Å². The number of rotatable bonds is 5. The van der Waals surface area contributed by atoms with Gasteiger partial charge in [-0.05, 0) is 49.6 Å². The van der Waals surface area contributed by atoms with Crippen LogP contribution in [0.4, 0.5) is 8.78 Å². The van der Waals surface area contributed by atoms with E-state index in [0.717, 1.165) is 35.0 Å². The summed E-state index contributed by atoms with van der Waals surface area (Å²) in [5.41, 5.74) is 2.87. The maximum Gasteiger partial charge on any atom is 0.387 e. The zero-order chi connectivity index (χ0) is 22.3. The Bertz CT molecular complexity index is 1270. The van der Waals surface area contributed by atoms with E-state index in [1.807, 2.05) is 25.1 Å². The predicted molar refractivity (Wildman–Crippen MR) is 114 cm³/mol. The minimum absolute atomic E-state index is 0.0843. The van der Waals surface area contributed by atoms with Crippen molar-refractivity contribution in [1.29, 1.82) is 0 Å². The van der Waals surface area contributed by atoms with Crippen molar-refractivity contribution >= 4 is 16.9 Å². The first-order valence-electron chi connectivity index (χ1n) is 10.3. The molecule has 4 heterocycles. The maximum atomic E-state index is 13.6. The van der Waals surface area contributed by atoms with Crippen molar-refractivity contribution in [2.75, 3.05) is 6.54 Å². The quantitative estimate of drug-likeness (QED) is 0.474. The van der Waals surface area contributed by atoms with Crippen LogP contribution in [0.25, 0.3) is 22.3 Å². The topological polar surface area (TPSA) is 86.9 Å². The van der Waals surface area contributed by atoms with Crippen LogP contribution in [0.1, 0.15) is 35.7 Å². The Kier molecular flexibility index (Phi) is 4.88. The number of aromatic nitrogens is 4. The number of hydrogen-bond acceptors (Lipinski definition) is 4. The van der Waals surface area contributed by atoms with Crippen molar-refractivity contribution in [2.24, 2.45) is 0 Å². The van der Waals surface area contributed by atoms with Crippen molar-refractivity contribution in [3.63, 3.8) is 0 Å². The Morgan fingerprint density at radius 3 is 2.91 bits per heavy atom. The largest absolute Gasteiger partial charge is 0.435 e. The lowest BCUT2D eigenvalue weighted by Gasteiger charge is -2.36. The van der Waals surface area contributed by atoms with Crippen molar-refractivity contribution in [2.45, 2.75) is 31.9 Å². The highest BCUT2D eigenvalue weighted by atomic mass is 19.3. The fourth-order valence-corrected chi connectivity index (χ4v) is 4.48. The molecule has 1 amide bonds. The number of nitrogens with one attached hydrogen (secondary N) is 2. The third-order valence-corrected chi connectivity index (χ3v) is 6.13. The molecule has 0 unspecified atom stereocenters. The first kappa shape index (κ1) is 20.2. The van der Waals surface area contributed by atoms with Gasteiger partial charge in [-0.2, -0.15) is 13.9 Å². The molecule has 1 atom stereocenters. The van der Waals surface area contributed by atoms with E-state index in [-0.39, 0.29) is 11.7 Å². The summed E-state index contributed by atoms with van der Waals surface area (Å²) < 4.78 is 29.9. The van der Waals surface area contributed by atoms with Gasteiger partial charge in [0.1, 0.15) is 11.4 Å². The maximum absolute atomic E-state index is 13.6. The second-order valence-corrected chi connectivity index (χ2v) is 8.02. The first-order chi connectivity index (χ1) is 15.5. The monoisotopic (exact) mass is 437 g/mol. The molecule has 1 aromatic carbocycles. The van der Waals surface area contributed by atoms with Crippen LogP contribution in [0.3, 0.4) is 0 Å². The molecule has 2 N–H and O–H groups in total. The minimum atomic E-state index is -2.90. The number of hydrogen-bond donors (Lipinski definition) is 2. The van der Waals surface area contributed by atoms with E-state index >= 15 is 0 Å². The number of benzene rings is 1. The SMILES string of the molecule is C[C@]1(c2cccc(OC(F)F)c2)CCCN1C(=O)c1c[nH]c2nc(-c3cn[nH]c3)ccc12. The number of carbonyl (C=O) groups excluding carboxylic acids is 1. The lowest BCUT2D eigenvalue weighted by Crippen LogP contribution is -2.42. The number of halogens is 2. The van der Waals surface area contributed by atoms with Crippen molar-refractivity contribution in [3.05, 3.63) is 66.1 Å². The van der Waals surface area contributed by atoms with Crippen LogP contribution < -0.4 is 4.74 Å². The summed E-state index contributed by atoms with van der Waals surface area (Å²) in [6.45, 7) is -0.364. The van der Waals surface area contributed by atoms with Gasteiger partial charge in [-0.3, -0.25) is 9.89 Å². The molecule has 164 valence electrons. The van der Waals surface area contributed by atoms with Crippen LogP contribution in [0.5, 0.6) is 5.75 Å². The van der Waals surface area contributed by atoms with E-state index in [4.69, 9.17) is 0 Å². The molecule has 0 bridgehead atoms. The second kappa shape index (κ2) is 7.74. The van der Waals surface area contributed by atoms with E-state index in [0.29, 0.717) is 17.8 Å². The molecule has 1 saturated heterocycles. The molecule has 1 fully saturated rings. The predicted octanol–water partition coefficient (Wildman–Crippen LogP) is 4.71. The first-order valence-corrected chi connectivity index (χ1v) is 10.3. The fourth-order valence-electron chi connectivity index (χ4n) is 4.48. The highest BCUT2D eigenvalue weighted by molar-refractivity contribution is 6.06. The fraction of sp³-hybridized carbons (Fsp3) is 0.261. The van der Waals surface area contributed by atoms with E-state index in [2.05, 4.69) is 24.9 Å². The Balaban J connectivity index is 1.48. The highest BCUT2D eigenvalue weighted by Gasteiger charge is 2.42. The number of nitrogens with zero attached hydrogens (tertiary/aromatic N) is 3. The average Bonchev–Trinajstić information content (AvgIpc) is 3.52. The summed E-state index contributed by atoms with van der Waals surface area (Å²) in [4.78, 5) is 23.1. The molecular weight excluding hydrogens is 416 g/mol. The van der Waals surface area contributed by atoms with E-state index in [1.165, 1.54) is 6.07 Å². The molecule has 0 aliphatic carbocycles. The number of H-pyrrole nitrogens is 2. The lowest BCUT2D eigenvalue weighted by atomic mass is 9.88. The highest BCUT2D eigenvalue weighted by Crippen LogP contribution is 2.41. The molecule has 0 radical (unpaired) electrons. The van der Waals surface area contributed by atoms with E-state index in [9.17, 15) is 13.6 Å². The molecule has 0 spiro atoms. The van der Waals surface area contributed by atoms with Gasteiger partial charge in [0, 0.05) is 29.9 Å². The Morgan fingerprint density at radius 2 is 2.12 bits per heavy atom. The third kappa shape index (κ3) is 3.39. The van der Waals surface area contributed by atoms with Gasteiger partial charge in [0.15, 0.2) is 0 Å². The summed E-state index contributed by atoms with van der Waals surface area (Å²) in [7, 11) is 0. The average molecular weight is 437 g/mol. The van der Waals surface area contributed by atoms with E-state index in [1.54, 1.807) is 35.6 Å². The van der Waals surface area contributed by atoms with Gasteiger partial charge in [0.05, 0.1) is 23.0 Å². The minimum Gasteiger partial charge on any atom is -0.435 e. The molecule has 9 heteroatoms. The smallest absolute Gasteiger partial charge is 0.387 e. The molecular formula is C23H21F2N5O2. The summed E-state index contributed by atoms with van der Waals surface area (Å²) in [5, 5.41) is 7.44. The third-order valence-electron chi connectivity index (χ3n) is 6.13. The van der Waals surface area contributed by atoms with Gasteiger partial charge >= 0.3 is 6.61 Å². The van der Waals surface area contributed by atoms with Gasteiger partial charge in [-0.25, -0.2) is 4.98 Å². The molecule has 32 heavy (non-hydrogen) atoms. The zero-order valence-electron chi connectivity index (χ0n) is 17.3. The number of alkyl halides is 2. The number of pyridine rings is 1. The number of fused-ring (bicyclic) bond motifs is 1. The number of carbonyl (C=O) groups is 1. The van der Waals surface area contributed by atoms with Crippen LogP contribution in [0.15, 0.2) is 55.0 Å². The van der Waals surface area contributed by atoms with Crippen molar-refractivity contribution in [3.8, 4) is 17.0 Å². The molecule has 1 aliphatic rings. The molecule has 4 aromatic rings. The van der Waals surface area contributed by atoms with E-state index < -0.39 is 12.2 Å². The number of aromatic amines is 2. The number of amides is 1. The van der Waals surface area contributed by atoms with Crippen LogP contribution in [-0.2, 0) is 5.54 Å². The van der Waals surface area contributed by atoms with Gasteiger partial charge in [0.25, 0.3) is 5.91 Å². The molecule has 3 aromatic heterocycles. The zero-order valence-corrected chi connectivity index (χ0v) is 17.3. The summed E-state index contributed by atoms with van der Waals surface area (Å²) >= 11 is 0. The van der Waals surface area contributed by atoms with Crippen LogP contribution >= 0.6 is 0 Å². The summed E-state index contributed by atoms with van der Waals surface area (Å²) in [6.07, 6.45) is 6.65. The number of likely N-dealkylation sites (tertiary alicyclic amines) is 1.